The molecule has 0 radical (unpaired) electrons. The van der Waals surface area contributed by atoms with E-state index in [1.54, 1.807) is 0 Å². The highest BCUT2D eigenvalue weighted by Gasteiger charge is 2.14. The molecule has 0 atom stereocenters. The van der Waals surface area contributed by atoms with Gasteiger partial charge < -0.3 is 10.4 Å². The van der Waals surface area contributed by atoms with Gasteiger partial charge in [-0.15, -0.1) is 11.8 Å². The first-order valence-electron chi connectivity index (χ1n) is 6.74. The van der Waals surface area contributed by atoms with Crippen LogP contribution in [0.2, 0.25) is 0 Å². The maximum atomic E-state index is 11.5. The van der Waals surface area contributed by atoms with Crippen molar-refractivity contribution >= 4 is 23.6 Å². The molecule has 0 spiro atoms. The lowest BCUT2D eigenvalue weighted by atomic mass is 10.0. The second-order valence-corrected chi connectivity index (χ2v) is 5.94. The van der Waals surface area contributed by atoms with Crippen LogP contribution < -0.4 is 5.32 Å². The van der Waals surface area contributed by atoms with Crippen LogP contribution in [-0.2, 0) is 9.59 Å². The van der Waals surface area contributed by atoms with E-state index in [1.165, 1.54) is 43.9 Å². The highest BCUT2D eigenvalue weighted by atomic mass is 32.2. The Bertz CT molecular complexity index is 265. The van der Waals surface area contributed by atoms with Crippen LogP contribution in [0.4, 0.5) is 0 Å². The van der Waals surface area contributed by atoms with Gasteiger partial charge in [0.2, 0.25) is 5.91 Å². The Morgan fingerprint density at radius 3 is 2.67 bits per heavy atom. The summed E-state index contributed by atoms with van der Waals surface area (Å²) in [4.78, 5) is 21.7. The van der Waals surface area contributed by atoms with Crippen LogP contribution in [0.5, 0.6) is 0 Å². The van der Waals surface area contributed by atoms with Crippen molar-refractivity contribution in [1.82, 2.24) is 5.32 Å². The number of carbonyl (C=O) groups is 2. The zero-order valence-corrected chi connectivity index (χ0v) is 11.6. The average molecular weight is 273 g/mol. The first-order valence-corrected chi connectivity index (χ1v) is 7.90. The van der Waals surface area contributed by atoms with Crippen LogP contribution in [0.25, 0.3) is 0 Å². The van der Waals surface area contributed by atoms with E-state index in [0.29, 0.717) is 18.7 Å². The normalized spacial score (nSPS) is 15.8. The van der Waals surface area contributed by atoms with Crippen molar-refractivity contribution in [2.45, 2.75) is 44.9 Å². The number of carboxylic acids is 1. The molecular weight excluding hydrogens is 250 g/mol. The molecule has 0 saturated heterocycles. The Morgan fingerprint density at radius 2 is 2.00 bits per heavy atom. The van der Waals surface area contributed by atoms with Crippen molar-refractivity contribution in [3.05, 3.63) is 0 Å². The lowest BCUT2D eigenvalue weighted by molar-refractivity contribution is -0.133. The fraction of sp³-hybridized carbons (Fsp3) is 0.846. The molecule has 0 aliphatic heterocycles. The van der Waals surface area contributed by atoms with E-state index in [0.717, 1.165) is 12.3 Å². The molecule has 1 aliphatic carbocycles. The van der Waals surface area contributed by atoms with Gasteiger partial charge in [-0.1, -0.05) is 25.7 Å². The second kappa shape index (κ2) is 9.25. The number of carboxylic acid groups (broad SMARTS) is 1. The van der Waals surface area contributed by atoms with Crippen LogP contribution >= 0.6 is 11.8 Å². The number of thioether (sulfide) groups is 1. The molecule has 0 heterocycles. The Hall–Kier alpha value is -0.710. The highest BCUT2D eigenvalue weighted by Crippen LogP contribution is 2.28. The molecule has 104 valence electrons. The Labute approximate surface area is 113 Å². The van der Waals surface area contributed by atoms with E-state index in [2.05, 4.69) is 5.32 Å². The minimum absolute atomic E-state index is 0.101. The standard InChI is InChI=1S/C13H23NO3S/c15-12(14-8-9-18-10-13(16)17)7-3-6-11-4-1-2-5-11/h11H,1-10H2,(H,14,15)(H,16,17). The Kier molecular flexibility index (Phi) is 7.89. The van der Waals surface area contributed by atoms with Gasteiger partial charge in [-0.3, -0.25) is 9.59 Å². The van der Waals surface area contributed by atoms with Gasteiger partial charge in [0, 0.05) is 18.7 Å². The van der Waals surface area contributed by atoms with Gasteiger partial charge in [0.1, 0.15) is 0 Å². The number of amides is 1. The summed E-state index contributed by atoms with van der Waals surface area (Å²) in [6, 6.07) is 0. The van der Waals surface area contributed by atoms with Gasteiger partial charge in [0.25, 0.3) is 0 Å². The summed E-state index contributed by atoms with van der Waals surface area (Å²) in [6.07, 6.45) is 8.18. The third-order valence-corrected chi connectivity index (χ3v) is 4.23. The summed E-state index contributed by atoms with van der Waals surface area (Å²) in [6.45, 7) is 0.570. The van der Waals surface area contributed by atoms with Crippen molar-refractivity contribution < 1.29 is 14.7 Å². The van der Waals surface area contributed by atoms with Gasteiger partial charge in [-0.25, -0.2) is 0 Å². The van der Waals surface area contributed by atoms with Crippen LogP contribution in [-0.4, -0.2) is 35.0 Å². The van der Waals surface area contributed by atoms with Crippen molar-refractivity contribution in [3.63, 3.8) is 0 Å². The molecule has 1 fully saturated rings. The summed E-state index contributed by atoms with van der Waals surface area (Å²) >= 11 is 1.33. The lowest BCUT2D eigenvalue weighted by Crippen LogP contribution is -2.25. The Balaban J connectivity index is 1.88. The maximum Gasteiger partial charge on any atom is 0.313 e. The number of hydrogen-bond donors (Lipinski definition) is 2. The third-order valence-electron chi connectivity index (χ3n) is 3.29. The second-order valence-electron chi connectivity index (χ2n) is 4.84. The van der Waals surface area contributed by atoms with E-state index in [9.17, 15) is 9.59 Å². The summed E-state index contributed by atoms with van der Waals surface area (Å²) in [5, 5.41) is 11.3. The SMILES string of the molecule is O=C(O)CSCCNC(=O)CCCC1CCCC1. The number of carbonyl (C=O) groups excluding carboxylic acids is 1. The summed E-state index contributed by atoms with van der Waals surface area (Å²) < 4.78 is 0. The quantitative estimate of drug-likeness (QED) is 0.633. The number of aliphatic carboxylic acids is 1. The minimum Gasteiger partial charge on any atom is -0.481 e. The molecule has 1 rings (SSSR count). The first kappa shape index (κ1) is 15.3. The monoisotopic (exact) mass is 273 g/mol. The molecule has 0 aromatic heterocycles. The van der Waals surface area contributed by atoms with Gasteiger partial charge >= 0.3 is 5.97 Å². The Morgan fingerprint density at radius 1 is 1.28 bits per heavy atom. The summed E-state index contributed by atoms with van der Waals surface area (Å²) in [5.74, 6) is 0.925. The van der Waals surface area contributed by atoms with E-state index in [1.807, 2.05) is 0 Å². The van der Waals surface area contributed by atoms with Crippen molar-refractivity contribution in [3.8, 4) is 0 Å². The summed E-state index contributed by atoms with van der Waals surface area (Å²) in [7, 11) is 0. The number of hydrogen-bond acceptors (Lipinski definition) is 3. The van der Waals surface area contributed by atoms with Crippen LogP contribution in [0.1, 0.15) is 44.9 Å². The minimum atomic E-state index is -0.803. The molecule has 0 aromatic rings. The number of rotatable bonds is 9. The number of nitrogens with one attached hydrogen (secondary N) is 1. The topological polar surface area (TPSA) is 66.4 Å². The van der Waals surface area contributed by atoms with E-state index in [4.69, 9.17) is 5.11 Å². The molecule has 4 nitrogen and oxygen atoms in total. The average Bonchev–Trinajstić information content (AvgIpc) is 2.81. The molecule has 1 aliphatic rings. The highest BCUT2D eigenvalue weighted by molar-refractivity contribution is 7.99. The molecule has 1 amide bonds. The van der Waals surface area contributed by atoms with Gasteiger partial charge in [-0.05, 0) is 18.8 Å². The van der Waals surface area contributed by atoms with Crippen molar-refractivity contribution in [2.75, 3.05) is 18.1 Å². The van der Waals surface area contributed by atoms with Crippen molar-refractivity contribution in [1.29, 1.82) is 0 Å². The molecule has 2 N–H and O–H groups in total. The van der Waals surface area contributed by atoms with Crippen molar-refractivity contribution in [2.24, 2.45) is 5.92 Å². The molecule has 0 bridgehead atoms. The predicted molar refractivity (Wildman–Crippen MR) is 73.8 cm³/mol. The van der Waals surface area contributed by atoms with Gasteiger partial charge in [0.15, 0.2) is 0 Å². The van der Waals surface area contributed by atoms with Crippen LogP contribution in [0.3, 0.4) is 0 Å². The third kappa shape index (κ3) is 7.58. The molecule has 5 heteroatoms. The maximum absolute atomic E-state index is 11.5. The fourth-order valence-electron chi connectivity index (χ4n) is 2.36. The molecule has 0 unspecified atom stereocenters. The molecular formula is C13H23NO3S. The zero-order valence-electron chi connectivity index (χ0n) is 10.8. The summed E-state index contributed by atoms with van der Waals surface area (Å²) in [5.41, 5.74) is 0. The first-order chi connectivity index (χ1) is 8.68. The molecule has 0 aromatic carbocycles. The largest absolute Gasteiger partial charge is 0.481 e. The van der Waals surface area contributed by atoms with Crippen LogP contribution in [0, 0.1) is 5.92 Å². The molecule has 1 saturated carbocycles. The van der Waals surface area contributed by atoms with E-state index in [-0.39, 0.29) is 11.7 Å². The fourth-order valence-corrected chi connectivity index (χ4v) is 2.93. The van der Waals surface area contributed by atoms with Gasteiger partial charge in [-0.2, -0.15) is 0 Å². The van der Waals surface area contributed by atoms with Gasteiger partial charge in [0.05, 0.1) is 5.75 Å². The predicted octanol–water partition coefficient (Wildman–Crippen LogP) is 2.28. The van der Waals surface area contributed by atoms with Crippen LogP contribution in [0.15, 0.2) is 0 Å². The van der Waals surface area contributed by atoms with E-state index >= 15 is 0 Å². The smallest absolute Gasteiger partial charge is 0.313 e. The molecule has 18 heavy (non-hydrogen) atoms. The lowest BCUT2D eigenvalue weighted by Gasteiger charge is -2.08. The zero-order chi connectivity index (χ0) is 13.2. The van der Waals surface area contributed by atoms with E-state index < -0.39 is 5.97 Å².